The quantitative estimate of drug-likeness (QED) is 0.308. The second kappa shape index (κ2) is 13.2. The predicted molar refractivity (Wildman–Crippen MR) is 134 cm³/mol. The molecule has 170 valence electrons. The minimum Gasteiger partial charge on any atom is -0.236 e. The number of aromatic nitrogens is 2. The van der Waals surface area contributed by atoms with Crippen molar-refractivity contribution in [1.82, 2.24) is 9.97 Å². The summed E-state index contributed by atoms with van der Waals surface area (Å²) in [5, 5.41) is 0.839. The molecular weight excluding hydrogens is 400 g/mol. The standard InChI is InChI=1S/C28H41ClN2/c1-3-5-7-9-22-11-13-23(14-12-22)15-16-24-20-30-28(31-21-24)26-18-17-25(27(29)19-26)10-8-6-4-2/h17-23H,3-16H2,1-2H3/t22-,23-. The van der Waals surface area contributed by atoms with Gasteiger partial charge < -0.3 is 0 Å². The average Bonchev–Trinajstić information content (AvgIpc) is 2.80. The van der Waals surface area contributed by atoms with Gasteiger partial charge in [-0.2, -0.15) is 0 Å². The summed E-state index contributed by atoms with van der Waals surface area (Å²) in [6.07, 6.45) is 22.5. The summed E-state index contributed by atoms with van der Waals surface area (Å²) in [6.45, 7) is 4.53. The van der Waals surface area contributed by atoms with Gasteiger partial charge >= 0.3 is 0 Å². The SMILES string of the molecule is CCCCCc1ccc(-c2ncc(CC[C@H]3CC[C@H](CCCCC)CC3)cn2)cc1Cl. The zero-order chi connectivity index (χ0) is 21.9. The van der Waals surface area contributed by atoms with Gasteiger partial charge in [-0.15, -0.1) is 0 Å². The molecule has 0 saturated heterocycles. The van der Waals surface area contributed by atoms with E-state index < -0.39 is 0 Å². The van der Waals surface area contributed by atoms with Crippen molar-refractivity contribution >= 4 is 11.6 Å². The molecular formula is C28H41ClN2. The number of unbranched alkanes of at least 4 members (excludes halogenated alkanes) is 4. The monoisotopic (exact) mass is 440 g/mol. The molecule has 0 aliphatic heterocycles. The molecule has 0 N–H and O–H groups in total. The molecule has 2 aromatic rings. The number of aryl methyl sites for hydroxylation is 2. The molecule has 1 aromatic carbocycles. The lowest BCUT2D eigenvalue weighted by Crippen LogP contribution is -2.15. The fraction of sp³-hybridized carbons (Fsp3) is 0.643. The van der Waals surface area contributed by atoms with Gasteiger partial charge in [-0.05, 0) is 54.7 Å². The molecule has 0 spiro atoms. The lowest BCUT2D eigenvalue weighted by molar-refractivity contribution is 0.249. The number of halogens is 1. The van der Waals surface area contributed by atoms with Crippen molar-refractivity contribution in [2.75, 3.05) is 0 Å². The molecule has 3 rings (SSSR count). The highest BCUT2D eigenvalue weighted by Gasteiger charge is 2.20. The highest BCUT2D eigenvalue weighted by Crippen LogP contribution is 2.34. The van der Waals surface area contributed by atoms with Crippen LogP contribution in [0.2, 0.25) is 5.02 Å². The zero-order valence-electron chi connectivity index (χ0n) is 19.7. The number of benzene rings is 1. The first-order valence-corrected chi connectivity index (χ1v) is 13.2. The fourth-order valence-corrected chi connectivity index (χ4v) is 5.23. The van der Waals surface area contributed by atoms with E-state index in [1.54, 1.807) is 0 Å². The first kappa shape index (κ1) is 24.2. The molecule has 0 radical (unpaired) electrons. The second-order valence-corrected chi connectivity index (χ2v) is 10.0. The van der Waals surface area contributed by atoms with Crippen molar-refractivity contribution < 1.29 is 0 Å². The predicted octanol–water partition coefficient (Wildman–Crippen LogP) is 8.85. The molecule has 1 aliphatic rings. The van der Waals surface area contributed by atoms with Crippen LogP contribution in [0.5, 0.6) is 0 Å². The van der Waals surface area contributed by atoms with Crippen LogP contribution in [-0.4, -0.2) is 9.97 Å². The van der Waals surface area contributed by atoms with Crippen molar-refractivity contribution in [3.63, 3.8) is 0 Å². The van der Waals surface area contributed by atoms with E-state index in [2.05, 4.69) is 35.9 Å². The van der Waals surface area contributed by atoms with Gasteiger partial charge in [0.1, 0.15) is 0 Å². The Morgan fingerprint density at radius 1 is 0.806 bits per heavy atom. The summed E-state index contributed by atoms with van der Waals surface area (Å²) in [6, 6.07) is 6.28. The first-order valence-electron chi connectivity index (χ1n) is 12.8. The molecule has 2 nitrogen and oxygen atoms in total. The van der Waals surface area contributed by atoms with E-state index in [9.17, 15) is 0 Å². The minimum absolute atomic E-state index is 0.776. The largest absolute Gasteiger partial charge is 0.236 e. The maximum atomic E-state index is 6.52. The molecule has 0 bridgehead atoms. The van der Waals surface area contributed by atoms with Gasteiger partial charge in [0.2, 0.25) is 0 Å². The Balaban J connectivity index is 1.45. The summed E-state index contributed by atoms with van der Waals surface area (Å²) < 4.78 is 0. The summed E-state index contributed by atoms with van der Waals surface area (Å²) in [5.41, 5.74) is 3.50. The first-order chi connectivity index (χ1) is 15.2. The van der Waals surface area contributed by atoms with Crippen LogP contribution >= 0.6 is 11.6 Å². The lowest BCUT2D eigenvalue weighted by atomic mass is 9.78. The Morgan fingerprint density at radius 2 is 1.45 bits per heavy atom. The Hall–Kier alpha value is -1.41. The van der Waals surface area contributed by atoms with E-state index >= 15 is 0 Å². The van der Waals surface area contributed by atoms with Crippen molar-refractivity contribution in [3.8, 4) is 11.4 Å². The van der Waals surface area contributed by atoms with Crippen LogP contribution in [0.3, 0.4) is 0 Å². The minimum atomic E-state index is 0.776. The van der Waals surface area contributed by atoms with Crippen molar-refractivity contribution in [2.24, 2.45) is 11.8 Å². The van der Waals surface area contributed by atoms with Gasteiger partial charge in [0.25, 0.3) is 0 Å². The van der Waals surface area contributed by atoms with Crippen LogP contribution in [0.4, 0.5) is 0 Å². The molecule has 0 amide bonds. The van der Waals surface area contributed by atoms with Crippen LogP contribution in [0.15, 0.2) is 30.6 Å². The molecule has 1 fully saturated rings. The van der Waals surface area contributed by atoms with Gasteiger partial charge in [0.05, 0.1) is 0 Å². The van der Waals surface area contributed by atoms with E-state index in [1.165, 1.54) is 88.2 Å². The van der Waals surface area contributed by atoms with Crippen LogP contribution in [0.1, 0.15) is 102 Å². The summed E-state index contributed by atoms with van der Waals surface area (Å²) in [7, 11) is 0. The highest BCUT2D eigenvalue weighted by molar-refractivity contribution is 6.31. The van der Waals surface area contributed by atoms with Crippen LogP contribution in [-0.2, 0) is 12.8 Å². The van der Waals surface area contributed by atoms with Crippen molar-refractivity contribution in [2.45, 2.75) is 104 Å². The van der Waals surface area contributed by atoms with Crippen molar-refractivity contribution in [1.29, 1.82) is 0 Å². The van der Waals surface area contributed by atoms with Gasteiger partial charge in [-0.1, -0.05) is 102 Å². The average molecular weight is 441 g/mol. The van der Waals surface area contributed by atoms with Gasteiger partial charge in [0.15, 0.2) is 5.82 Å². The van der Waals surface area contributed by atoms with Gasteiger partial charge in [-0.25, -0.2) is 9.97 Å². The molecule has 1 aromatic heterocycles. The second-order valence-electron chi connectivity index (χ2n) is 9.60. The Labute approximate surface area is 195 Å². The summed E-state index contributed by atoms with van der Waals surface area (Å²) in [4.78, 5) is 9.29. The van der Waals surface area contributed by atoms with Gasteiger partial charge in [0, 0.05) is 23.0 Å². The summed E-state index contributed by atoms with van der Waals surface area (Å²) in [5.74, 6) is 2.66. The van der Waals surface area contributed by atoms with E-state index in [1.807, 2.05) is 18.5 Å². The number of hydrogen-bond acceptors (Lipinski definition) is 2. The third-order valence-corrected chi connectivity index (χ3v) is 7.44. The topological polar surface area (TPSA) is 25.8 Å². The number of rotatable bonds is 12. The normalized spacial score (nSPS) is 18.9. The third-order valence-electron chi connectivity index (χ3n) is 7.09. The molecule has 1 saturated carbocycles. The van der Waals surface area contributed by atoms with E-state index in [0.29, 0.717) is 0 Å². The van der Waals surface area contributed by atoms with E-state index in [0.717, 1.165) is 41.1 Å². The Morgan fingerprint density at radius 3 is 2.10 bits per heavy atom. The maximum Gasteiger partial charge on any atom is 0.159 e. The van der Waals surface area contributed by atoms with Crippen molar-refractivity contribution in [3.05, 3.63) is 46.7 Å². The smallest absolute Gasteiger partial charge is 0.159 e. The molecule has 1 aliphatic carbocycles. The molecule has 3 heteroatoms. The van der Waals surface area contributed by atoms with E-state index in [-0.39, 0.29) is 0 Å². The fourth-order valence-electron chi connectivity index (χ4n) is 4.95. The molecule has 31 heavy (non-hydrogen) atoms. The van der Waals surface area contributed by atoms with Crippen LogP contribution in [0.25, 0.3) is 11.4 Å². The lowest BCUT2D eigenvalue weighted by Gasteiger charge is -2.28. The molecule has 0 unspecified atom stereocenters. The zero-order valence-corrected chi connectivity index (χ0v) is 20.5. The Bertz CT molecular complexity index is 763. The van der Waals surface area contributed by atoms with Crippen LogP contribution < -0.4 is 0 Å². The molecule has 1 heterocycles. The maximum absolute atomic E-state index is 6.52. The van der Waals surface area contributed by atoms with Crippen LogP contribution in [0, 0.1) is 11.8 Å². The number of hydrogen-bond donors (Lipinski definition) is 0. The van der Waals surface area contributed by atoms with E-state index in [4.69, 9.17) is 11.6 Å². The Kier molecular flexibility index (Phi) is 10.3. The summed E-state index contributed by atoms with van der Waals surface area (Å²) >= 11 is 6.52. The number of nitrogens with zero attached hydrogens (tertiary/aromatic N) is 2. The highest BCUT2D eigenvalue weighted by atomic mass is 35.5. The van der Waals surface area contributed by atoms with Gasteiger partial charge in [-0.3, -0.25) is 0 Å². The molecule has 0 atom stereocenters. The third kappa shape index (κ3) is 7.90.